The summed E-state index contributed by atoms with van der Waals surface area (Å²) in [4.78, 5) is 9.82. The Morgan fingerprint density at radius 1 is 1.50 bits per heavy atom. The maximum atomic E-state index is 6.71. The summed E-state index contributed by atoms with van der Waals surface area (Å²) in [6, 6.07) is 0. The van der Waals surface area contributed by atoms with E-state index in [4.69, 9.17) is 6.57 Å². The second-order valence-corrected chi connectivity index (χ2v) is 3.46. The fraction of sp³-hybridized carbons (Fsp3) is 0.667. The van der Waals surface area contributed by atoms with E-state index in [1.807, 2.05) is 11.7 Å². The summed E-state index contributed by atoms with van der Waals surface area (Å²) >= 11 is 0. The molecule has 1 aromatic heterocycles. The minimum absolute atomic E-state index is 0.479. The Morgan fingerprint density at radius 2 is 2.36 bits per heavy atom. The number of aromatic nitrogens is 3. The van der Waals surface area contributed by atoms with Gasteiger partial charge in [-0.1, -0.05) is 0 Å². The van der Waals surface area contributed by atoms with Gasteiger partial charge in [-0.15, -0.1) is 0 Å². The molecule has 0 radical (unpaired) electrons. The van der Waals surface area contributed by atoms with E-state index >= 15 is 0 Å². The van der Waals surface area contributed by atoms with E-state index in [1.54, 1.807) is 0 Å². The lowest BCUT2D eigenvalue weighted by molar-refractivity contribution is 0.527. The summed E-state index contributed by atoms with van der Waals surface area (Å²) in [7, 11) is 2.03. The first-order valence-corrected chi connectivity index (χ1v) is 4.79. The minimum atomic E-state index is 0.479. The molecule has 14 heavy (non-hydrogen) atoms. The fourth-order valence-electron chi connectivity index (χ4n) is 1.63. The highest BCUT2D eigenvalue weighted by atomic mass is 15.4. The van der Waals surface area contributed by atoms with Crippen molar-refractivity contribution in [2.24, 2.45) is 0 Å². The summed E-state index contributed by atoms with van der Waals surface area (Å²) < 4.78 is 1.93. The van der Waals surface area contributed by atoms with Crippen LogP contribution in [0.5, 0.6) is 0 Å². The van der Waals surface area contributed by atoms with Crippen LogP contribution in [0.25, 0.3) is 4.85 Å². The van der Waals surface area contributed by atoms with Crippen LogP contribution in [0.3, 0.4) is 0 Å². The molecule has 0 amide bonds. The molecule has 0 saturated heterocycles. The van der Waals surface area contributed by atoms with Crippen LogP contribution in [0.2, 0.25) is 0 Å². The summed E-state index contributed by atoms with van der Waals surface area (Å²) in [6.07, 6.45) is 1.78. The second kappa shape index (κ2) is 3.66. The van der Waals surface area contributed by atoms with Crippen LogP contribution in [-0.2, 0) is 13.0 Å². The SMILES string of the molecule is [C-]#[N+]CCc1nc2n(n1)CCCN2C. The van der Waals surface area contributed by atoms with Crippen molar-refractivity contribution in [3.05, 3.63) is 17.2 Å². The van der Waals surface area contributed by atoms with Crippen molar-refractivity contribution in [3.8, 4) is 0 Å². The Hall–Kier alpha value is -1.57. The predicted octanol–water partition coefficient (Wildman–Crippen LogP) is 0.580. The molecule has 0 saturated carbocycles. The van der Waals surface area contributed by atoms with Gasteiger partial charge in [-0.3, -0.25) is 0 Å². The molecule has 0 aromatic carbocycles. The van der Waals surface area contributed by atoms with Crippen LogP contribution in [-0.4, -0.2) is 34.9 Å². The molecule has 0 N–H and O–H groups in total. The largest absolute Gasteiger partial charge is 0.344 e. The third kappa shape index (κ3) is 1.55. The Balaban J connectivity index is 2.18. The van der Waals surface area contributed by atoms with E-state index in [9.17, 15) is 0 Å². The number of aryl methyl sites for hydroxylation is 1. The molecule has 5 heteroatoms. The molecule has 0 atom stereocenters. The second-order valence-electron chi connectivity index (χ2n) is 3.46. The average molecular weight is 191 g/mol. The zero-order chi connectivity index (χ0) is 9.97. The fourth-order valence-corrected chi connectivity index (χ4v) is 1.63. The van der Waals surface area contributed by atoms with E-state index < -0.39 is 0 Å². The third-order valence-electron chi connectivity index (χ3n) is 2.35. The molecule has 1 aromatic rings. The van der Waals surface area contributed by atoms with Crippen molar-refractivity contribution in [2.45, 2.75) is 19.4 Å². The number of nitrogens with zero attached hydrogens (tertiary/aromatic N) is 5. The lowest BCUT2D eigenvalue weighted by Crippen LogP contribution is -2.28. The summed E-state index contributed by atoms with van der Waals surface area (Å²) in [5.41, 5.74) is 0. The van der Waals surface area contributed by atoms with Crippen LogP contribution in [0.15, 0.2) is 0 Å². The van der Waals surface area contributed by atoms with Gasteiger partial charge in [0.25, 0.3) is 0 Å². The highest BCUT2D eigenvalue weighted by Crippen LogP contribution is 2.16. The zero-order valence-corrected chi connectivity index (χ0v) is 8.27. The van der Waals surface area contributed by atoms with Crippen molar-refractivity contribution >= 4 is 5.95 Å². The van der Waals surface area contributed by atoms with E-state index in [1.165, 1.54) is 0 Å². The molecule has 0 fully saturated rings. The first-order chi connectivity index (χ1) is 6.81. The molecular weight excluding hydrogens is 178 g/mol. The summed E-state index contributed by atoms with van der Waals surface area (Å²) in [6.45, 7) is 9.18. The number of rotatable bonds is 2. The van der Waals surface area contributed by atoms with Crippen LogP contribution < -0.4 is 4.90 Å². The molecule has 1 aliphatic rings. The number of fused-ring (bicyclic) bond motifs is 1. The van der Waals surface area contributed by atoms with E-state index in [2.05, 4.69) is 19.8 Å². The van der Waals surface area contributed by atoms with Gasteiger partial charge in [-0.25, -0.2) is 11.3 Å². The predicted molar refractivity (Wildman–Crippen MR) is 53.1 cm³/mol. The van der Waals surface area contributed by atoms with Crippen LogP contribution in [0, 0.1) is 6.57 Å². The van der Waals surface area contributed by atoms with Crippen LogP contribution in [0.4, 0.5) is 5.95 Å². The standard InChI is InChI=1S/C9H13N5/c1-10-5-4-8-11-9-13(2)6-3-7-14(9)12-8/h3-7H2,2H3. The maximum Gasteiger partial charge on any atom is 0.223 e. The molecule has 0 bridgehead atoms. The van der Waals surface area contributed by atoms with Gasteiger partial charge in [0, 0.05) is 20.1 Å². The molecule has 1 aliphatic heterocycles. The highest BCUT2D eigenvalue weighted by Gasteiger charge is 2.17. The van der Waals surface area contributed by atoms with Crippen molar-refractivity contribution in [2.75, 3.05) is 25.0 Å². The molecule has 5 nitrogen and oxygen atoms in total. The van der Waals surface area contributed by atoms with Crippen molar-refractivity contribution in [1.29, 1.82) is 0 Å². The number of hydrogen-bond donors (Lipinski definition) is 0. The summed E-state index contributed by atoms with van der Waals surface area (Å²) in [5, 5.41) is 4.36. The van der Waals surface area contributed by atoms with E-state index in [0.29, 0.717) is 13.0 Å². The topological polar surface area (TPSA) is 38.3 Å². The molecule has 0 unspecified atom stereocenters. The van der Waals surface area contributed by atoms with E-state index in [0.717, 1.165) is 31.3 Å². The lowest BCUT2D eigenvalue weighted by Gasteiger charge is -2.22. The van der Waals surface area contributed by atoms with Gasteiger partial charge in [-0.2, -0.15) is 10.1 Å². The zero-order valence-electron chi connectivity index (χ0n) is 8.27. The Labute approximate surface area is 83.2 Å². The highest BCUT2D eigenvalue weighted by molar-refractivity contribution is 5.30. The van der Waals surface area contributed by atoms with E-state index in [-0.39, 0.29) is 0 Å². The van der Waals surface area contributed by atoms with Crippen LogP contribution >= 0.6 is 0 Å². The Bertz CT molecular complexity index is 362. The summed E-state index contributed by atoms with van der Waals surface area (Å²) in [5.74, 6) is 1.74. The minimum Gasteiger partial charge on any atom is -0.344 e. The van der Waals surface area contributed by atoms with Gasteiger partial charge in [0.2, 0.25) is 12.5 Å². The van der Waals surface area contributed by atoms with Crippen molar-refractivity contribution in [1.82, 2.24) is 14.8 Å². The molecule has 74 valence electrons. The Morgan fingerprint density at radius 3 is 3.07 bits per heavy atom. The molecule has 2 rings (SSSR count). The first-order valence-electron chi connectivity index (χ1n) is 4.79. The first kappa shape index (κ1) is 9.00. The van der Waals surface area contributed by atoms with Crippen molar-refractivity contribution < 1.29 is 0 Å². The van der Waals surface area contributed by atoms with Gasteiger partial charge in [0.05, 0.1) is 6.42 Å². The third-order valence-corrected chi connectivity index (χ3v) is 2.35. The van der Waals surface area contributed by atoms with Gasteiger partial charge < -0.3 is 9.74 Å². The molecule has 2 heterocycles. The average Bonchev–Trinajstić information content (AvgIpc) is 2.59. The van der Waals surface area contributed by atoms with Gasteiger partial charge >= 0.3 is 0 Å². The normalized spacial score (nSPS) is 15.0. The number of hydrogen-bond acceptors (Lipinski definition) is 3. The quantitative estimate of drug-likeness (QED) is 0.642. The monoisotopic (exact) mass is 191 g/mol. The van der Waals surface area contributed by atoms with Crippen molar-refractivity contribution in [3.63, 3.8) is 0 Å². The van der Waals surface area contributed by atoms with Crippen LogP contribution in [0.1, 0.15) is 12.2 Å². The number of anilines is 1. The lowest BCUT2D eigenvalue weighted by atomic mass is 10.3. The molecular formula is C9H13N5. The molecule has 0 aliphatic carbocycles. The van der Waals surface area contributed by atoms with Gasteiger partial charge in [0.15, 0.2) is 5.82 Å². The van der Waals surface area contributed by atoms with Gasteiger partial charge in [0.1, 0.15) is 0 Å². The van der Waals surface area contributed by atoms with Gasteiger partial charge in [-0.05, 0) is 6.42 Å². The Kier molecular flexibility index (Phi) is 2.35. The maximum absolute atomic E-state index is 6.71. The molecule has 0 spiro atoms. The smallest absolute Gasteiger partial charge is 0.223 e.